The Morgan fingerprint density at radius 3 is 2.36 bits per heavy atom. The van der Waals surface area contributed by atoms with E-state index in [1.807, 2.05) is 24.3 Å². The molecule has 0 amide bonds. The Hall–Kier alpha value is -2.40. The molecule has 0 bridgehead atoms. The van der Waals surface area contributed by atoms with Crippen LogP contribution in [-0.4, -0.2) is 19.2 Å². The van der Waals surface area contributed by atoms with E-state index in [4.69, 9.17) is 21.7 Å². The summed E-state index contributed by atoms with van der Waals surface area (Å²) in [7, 11) is 3.18. The summed E-state index contributed by atoms with van der Waals surface area (Å²) in [5.41, 5.74) is 1.67. The maximum atomic E-state index is 12.8. The van der Waals surface area contributed by atoms with Crippen LogP contribution in [0.25, 0.3) is 6.08 Å². The fourth-order valence-corrected chi connectivity index (χ4v) is 2.03. The summed E-state index contributed by atoms with van der Waals surface area (Å²) >= 11 is 5.23. The van der Waals surface area contributed by atoms with Gasteiger partial charge in [-0.1, -0.05) is 24.4 Å². The van der Waals surface area contributed by atoms with E-state index in [1.165, 1.54) is 12.1 Å². The fourth-order valence-electron chi connectivity index (χ4n) is 1.85. The van der Waals surface area contributed by atoms with Gasteiger partial charge in [0.25, 0.3) is 0 Å². The van der Waals surface area contributed by atoms with Crippen LogP contribution in [0.3, 0.4) is 0 Å². The number of hydrogen-bond acceptors (Lipinski definition) is 3. The molecular formula is C17H16FNO2S. The number of methoxy groups -OCH3 is 2. The third kappa shape index (κ3) is 4.30. The van der Waals surface area contributed by atoms with Crippen LogP contribution in [0.5, 0.6) is 11.5 Å². The van der Waals surface area contributed by atoms with E-state index in [2.05, 4.69) is 5.32 Å². The molecule has 3 nitrogen and oxygen atoms in total. The molecule has 5 heteroatoms. The van der Waals surface area contributed by atoms with E-state index in [0.717, 1.165) is 11.3 Å². The van der Waals surface area contributed by atoms with Crippen LogP contribution in [0.2, 0.25) is 0 Å². The molecular weight excluding hydrogens is 301 g/mol. The third-order valence-electron chi connectivity index (χ3n) is 2.95. The van der Waals surface area contributed by atoms with Crippen molar-refractivity contribution in [2.75, 3.05) is 19.5 Å². The van der Waals surface area contributed by atoms with Gasteiger partial charge in [0.05, 0.1) is 14.2 Å². The lowest BCUT2D eigenvalue weighted by Crippen LogP contribution is -2.05. The first-order chi connectivity index (χ1) is 10.6. The first-order valence-electron chi connectivity index (χ1n) is 6.59. The highest BCUT2D eigenvalue weighted by molar-refractivity contribution is 7.81. The van der Waals surface area contributed by atoms with Gasteiger partial charge in [0.1, 0.15) is 10.8 Å². The molecule has 0 saturated carbocycles. The predicted octanol–water partition coefficient (Wildman–Crippen LogP) is 4.30. The normalized spacial score (nSPS) is 10.5. The molecule has 2 aromatic rings. The van der Waals surface area contributed by atoms with Gasteiger partial charge >= 0.3 is 0 Å². The van der Waals surface area contributed by atoms with Gasteiger partial charge in [0, 0.05) is 5.69 Å². The molecule has 22 heavy (non-hydrogen) atoms. The predicted molar refractivity (Wildman–Crippen MR) is 91.2 cm³/mol. The van der Waals surface area contributed by atoms with Gasteiger partial charge in [0.2, 0.25) is 0 Å². The molecule has 0 fully saturated rings. The van der Waals surface area contributed by atoms with Crippen LogP contribution in [0.4, 0.5) is 10.1 Å². The van der Waals surface area contributed by atoms with Crippen LogP contribution in [0.15, 0.2) is 48.5 Å². The molecule has 0 aliphatic carbocycles. The van der Waals surface area contributed by atoms with Crippen molar-refractivity contribution in [1.82, 2.24) is 0 Å². The molecule has 0 aliphatic heterocycles. The molecule has 0 aliphatic rings. The van der Waals surface area contributed by atoms with Gasteiger partial charge in [-0.2, -0.15) is 0 Å². The number of ether oxygens (including phenoxy) is 2. The summed E-state index contributed by atoms with van der Waals surface area (Å²) in [6, 6.07) is 11.6. The topological polar surface area (TPSA) is 30.5 Å². The smallest absolute Gasteiger partial charge is 0.161 e. The van der Waals surface area contributed by atoms with E-state index in [-0.39, 0.29) is 5.82 Å². The lowest BCUT2D eigenvalue weighted by molar-refractivity contribution is 0.355. The second-order valence-corrected chi connectivity index (χ2v) is 4.88. The van der Waals surface area contributed by atoms with Gasteiger partial charge in [-0.25, -0.2) is 4.39 Å². The van der Waals surface area contributed by atoms with Crippen molar-refractivity contribution in [3.63, 3.8) is 0 Å². The highest BCUT2D eigenvalue weighted by Crippen LogP contribution is 2.27. The maximum Gasteiger partial charge on any atom is 0.161 e. The molecule has 114 valence electrons. The second-order valence-electron chi connectivity index (χ2n) is 4.44. The fraction of sp³-hybridized carbons (Fsp3) is 0.118. The van der Waals surface area contributed by atoms with Crippen LogP contribution in [0.1, 0.15) is 5.56 Å². The SMILES string of the molecule is COc1ccc(/C=C/C(=S)Nc2ccc(F)cc2)cc1OC. The molecule has 0 atom stereocenters. The average molecular weight is 317 g/mol. The summed E-state index contributed by atoms with van der Waals surface area (Å²) in [6.07, 6.45) is 3.63. The van der Waals surface area contributed by atoms with Crippen LogP contribution in [-0.2, 0) is 0 Å². The van der Waals surface area contributed by atoms with Crippen molar-refractivity contribution < 1.29 is 13.9 Å². The molecule has 1 N–H and O–H groups in total. The summed E-state index contributed by atoms with van der Waals surface area (Å²) in [6.45, 7) is 0. The molecule has 0 heterocycles. The van der Waals surface area contributed by atoms with Crippen LogP contribution >= 0.6 is 12.2 Å². The Labute approximate surface area is 134 Å². The van der Waals surface area contributed by atoms with Crippen molar-refractivity contribution >= 4 is 29.0 Å². The van der Waals surface area contributed by atoms with E-state index in [9.17, 15) is 4.39 Å². The first kappa shape index (κ1) is 16.0. The summed E-state index contributed by atoms with van der Waals surface area (Å²) in [5, 5.41) is 3.01. The Balaban J connectivity index is 2.04. The van der Waals surface area contributed by atoms with Gasteiger partial charge in [-0.3, -0.25) is 0 Å². The first-order valence-corrected chi connectivity index (χ1v) is 7.00. The molecule has 0 radical (unpaired) electrons. The minimum absolute atomic E-state index is 0.280. The summed E-state index contributed by atoms with van der Waals surface area (Å²) in [4.78, 5) is 0.529. The minimum Gasteiger partial charge on any atom is -0.493 e. The lowest BCUT2D eigenvalue weighted by Gasteiger charge is -2.08. The molecule has 2 aromatic carbocycles. The van der Waals surface area contributed by atoms with Crippen LogP contribution in [0, 0.1) is 5.82 Å². The van der Waals surface area contributed by atoms with Crippen molar-refractivity contribution in [2.45, 2.75) is 0 Å². The van der Waals surface area contributed by atoms with E-state index in [0.29, 0.717) is 16.5 Å². The monoisotopic (exact) mass is 317 g/mol. The van der Waals surface area contributed by atoms with E-state index in [1.54, 1.807) is 32.4 Å². The molecule has 0 unspecified atom stereocenters. The van der Waals surface area contributed by atoms with Gasteiger partial charge in [0.15, 0.2) is 11.5 Å². The molecule has 0 spiro atoms. The molecule has 0 aromatic heterocycles. The number of hydrogen-bond donors (Lipinski definition) is 1. The van der Waals surface area contributed by atoms with Gasteiger partial charge in [-0.15, -0.1) is 0 Å². The number of halogens is 1. The number of benzene rings is 2. The Morgan fingerprint density at radius 1 is 1.05 bits per heavy atom. The van der Waals surface area contributed by atoms with Crippen molar-refractivity contribution in [3.05, 3.63) is 59.9 Å². The third-order valence-corrected chi connectivity index (χ3v) is 3.18. The number of nitrogens with one attached hydrogen (secondary N) is 1. The zero-order valence-electron chi connectivity index (χ0n) is 12.3. The van der Waals surface area contributed by atoms with E-state index >= 15 is 0 Å². The number of rotatable bonds is 5. The highest BCUT2D eigenvalue weighted by atomic mass is 32.1. The quantitative estimate of drug-likeness (QED) is 0.658. The summed E-state index contributed by atoms with van der Waals surface area (Å²) in [5.74, 6) is 1.05. The number of anilines is 1. The standard InChI is InChI=1S/C17H16FNO2S/c1-20-15-9-3-12(11-16(15)21-2)4-10-17(22)19-14-7-5-13(18)6-8-14/h3-11H,1-2H3,(H,19,22)/b10-4+. The Bertz CT molecular complexity index is 684. The van der Waals surface area contributed by atoms with Gasteiger partial charge < -0.3 is 14.8 Å². The second kappa shape index (κ2) is 7.56. The number of thiocarbonyl (C=S) groups is 1. The van der Waals surface area contributed by atoms with Crippen molar-refractivity contribution in [2.24, 2.45) is 0 Å². The minimum atomic E-state index is -0.280. The average Bonchev–Trinajstić information content (AvgIpc) is 2.54. The van der Waals surface area contributed by atoms with Gasteiger partial charge in [-0.05, 0) is 48.0 Å². The van der Waals surface area contributed by atoms with Crippen molar-refractivity contribution in [3.8, 4) is 11.5 Å². The highest BCUT2D eigenvalue weighted by Gasteiger charge is 2.02. The zero-order valence-corrected chi connectivity index (χ0v) is 13.1. The zero-order chi connectivity index (χ0) is 15.9. The molecule has 2 rings (SSSR count). The molecule has 0 saturated heterocycles. The summed E-state index contributed by atoms with van der Waals surface area (Å²) < 4.78 is 23.3. The van der Waals surface area contributed by atoms with Crippen LogP contribution < -0.4 is 14.8 Å². The van der Waals surface area contributed by atoms with Crippen molar-refractivity contribution in [1.29, 1.82) is 0 Å². The Kier molecular flexibility index (Phi) is 5.49. The maximum absolute atomic E-state index is 12.8. The Morgan fingerprint density at radius 2 is 1.73 bits per heavy atom. The largest absolute Gasteiger partial charge is 0.493 e. The lowest BCUT2D eigenvalue weighted by atomic mass is 10.2. The van der Waals surface area contributed by atoms with E-state index < -0.39 is 0 Å².